The molecule has 1 N–H and O–H groups in total. The van der Waals surface area contributed by atoms with Gasteiger partial charge in [0.25, 0.3) is 5.91 Å². The van der Waals surface area contributed by atoms with Crippen LogP contribution in [0.5, 0.6) is 5.75 Å². The number of benzene rings is 1. The van der Waals surface area contributed by atoms with Crippen LogP contribution in [0.3, 0.4) is 0 Å². The molecule has 1 saturated heterocycles. The maximum atomic E-state index is 12.9. The molecular formula is C21H23N3O4. The molecule has 1 aromatic heterocycles. The Kier molecular flexibility index (Phi) is 5.00. The number of carbonyl (C=O) groups excluding carboxylic acids is 2. The van der Waals surface area contributed by atoms with Crippen molar-refractivity contribution in [2.75, 3.05) is 26.3 Å². The monoisotopic (exact) mass is 381 g/mol. The number of nitrogens with one attached hydrogen (secondary N) is 1. The highest BCUT2D eigenvalue weighted by atomic mass is 16.5. The van der Waals surface area contributed by atoms with E-state index < -0.39 is 11.5 Å². The number of rotatable bonds is 4. The smallest absolute Gasteiger partial charge is 0.312 e. The number of amides is 1. The van der Waals surface area contributed by atoms with E-state index in [9.17, 15) is 9.59 Å². The van der Waals surface area contributed by atoms with Gasteiger partial charge in [-0.3, -0.25) is 19.5 Å². The van der Waals surface area contributed by atoms with Gasteiger partial charge in [-0.15, -0.1) is 0 Å². The van der Waals surface area contributed by atoms with Crippen molar-refractivity contribution in [3.63, 3.8) is 0 Å². The molecule has 28 heavy (non-hydrogen) atoms. The summed E-state index contributed by atoms with van der Waals surface area (Å²) in [6.45, 7) is 3.81. The molecule has 0 aliphatic carbocycles. The second kappa shape index (κ2) is 7.59. The maximum absolute atomic E-state index is 12.9. The third-order valence-corrected chi connectivity index (χ3v) is 5.28. The first-order chi connectivity index (χ1) is 13.6. The molecule has 7 nitrogen and oxygen atoms in total. The Hall–Kier alpha value is -2.93. The van der Waals surface area contributed by atoms with Gasteiger partial charge in [-0.05, 0) is 31.2 Å². The number of pyridine rings is 1. The number of para-hydroxylation sites is 1. The predicted octanol–water partition coefficient (Wildman–Crippen LogP) is 1.64. The van der Waals surface area contributed by atoms with Crippen molar-refractivity contribution in [2.24, 2.45) is 5.92 Å². The van der Waals surface area contributed by atoms with Gasteiger partial charge in [0, 0.05) is 25.8 Å². The molecule has 7 heteroatoms. The zero-order chi connectivity index (χ0) is 19.6. The highest BCUT2D eigenvalue weighted by Gasteiger charge is 2.53. The van der Waals surface area contributed by atoms with Crippen molar-refractivity contribution in [3.05, 3.63) is 59.9 Å². The minimum Gasteiger partial charge on any atom is -0.490 e. The van der Waals surface area contributed by atoms with Gasteiger partial charge in [-0.25, -0.2) is 0 Å². The van der Waals surface area contributed by atoms with Crippen LogP contribution >= 0.6 is 0 Å². The summed E-state index contributed by atoms with van der Waals surface area (Å²) in [5.41, 5.74) is 0.536. The fraction of sp³-hybridized carbons (Fsp3) is 0.381. The number of esters is 1. The van der Waals surface area contributed by atoms with Crippen LogP contribution < -0.4 is 10.1 Å². The molecule has 2 aliphatic heterocycles. The summed E-state index contributed by atoms with van der Waals surface area (Å²) in [6.07, 6.45) is 1.75. The average Bonchev–Trinajstić information content (AvgIpc) is 2.98. The fourth-order valence-corrected chi connectivity index (χ4v) is 3.98. The van der Waals surface area contributed by atoms with E-state index in [1.165, 1.54) is 0 Å². The molecular weight excluding hydrogens is 358 g/mol. The van der Waals surface area contributed by atoms with Crippen LogP contribution in [0.15, 0.2) is 48.7 Å². The molecule has 2 aromatic rings. The van der Waals surface area contributed by atoms with E-state index in [-0.39, 0.29) is 18.5 Å². The van der Waals surface area contributed by atoms with E-state index in [1.807, 2.05) is 24.3 Å². The maximum Gasteiger partial charge on any atom is 0.312 e. The summed E-state index contributed by atoms with van der Waals surface area (Å²) in [7, 11) is 0. The van der Waals surface area contributed by atoms with Crippen molar-refractivity contribution in [1.82, 2.24) is 15.2 Å². The number of hydrogen-bond acceptors (Lipinski definition) is 6. The molecule has 4 rings (SSSR count). The van der Waals surface area contributed by atoms with Crippen molar-refractivity contribution < 1.29 is 19.1 Å². The van der Waals surface area contributed by atoms with Gasteiger partial charge in [0.2, 0.25) is 0 Å². The van der Waals surface area contributed by atoms with Gasteiger partial charge in [-0.1, -0.05) is 18.2 Å². The Morgan fingerprint density at radius 2 is 2.14 bits per heavy atom. The van der Waals surface area contributed by atoms with Crippen LogP contribution in [0, 0.1) is 5.92 Å². The molecule has 0 radical (unpaired) electrons. The van der Waals surface area contributed by atoms with E-state index in [0.717, 1.165) is 5.69 Å². The molecule has 1 spiro atoms. The number of ether oxygens (including phenoxy) is 2. The summed E-state index contributed by atoms with van der Waals surface area (Å²) in [5, 5.41) is 3.09. The summed E-state index contributed by atoms with van der Waals surface area (Å²) in [6, 6.07) is 12.9. The quantitative estimate of drug-likeness (QED) is 0.811. The van der Waals surface area contributed by atoms with Gasteiger partial charge in [0.05, 0.1) is 23.8 Å². The molecule has 1 aromatic carbocycles. The van der Waals surface area contributed by atoms with Gasteiger partial charge < -0.3 is 14.8 Å². The van der Waals surface area contributed by atoms with E-state index in [1.54, 1.807) is 31.3 Å². The molecule has 2 atom stereocenters. The zero-order valence-electron chi connectivity index (χ0n) is 15.8. The standard InChI is InChI=1S/C21H23N3O4/c1-2-27-20(26)17-12-24(11-15-7-5-6-10-22-15)13-21(17)14-28-18-9-4-3-8-16(18)19(25)23-21/h3-10,17H,2,11-14H2,1H3,(H,23,25)/t17-,21-/m0/s1. The topological polar surface area (TPSA) is 80.8 Å². The number of carbonyl (C=O) groups is 2. The first-order valence-electron chi connectivity index (χ1n) is 9.44. The summed E-state index contributed by atoms with van der Waals surface area (Å²) in [5.74, 6) is -0.542. The van der Waals surface area contributed by atoms with Crippen molar-refractivity contribution in [3.8, 4) is 5.75 Å². The number of aromatic nitrogens is 1. The number of likely N-dealkylation sites (tertiary alicyclic amines) is 1. The van der Waals surface area contributed by atoms with Crippen LogP contribution in [0.1, 0.15) is 23.0 Å². The van der Waals surface area contributed by atoms with Gasteiger partial charge in [-0.2, -0.15) is 0 Å². The minimum absolute atomic E-state index is 0.206. The van der Waals surface area contributed by atoms with Crippen molar-refractivity contribution in [1.29, 1.82) is 0 Å². The first kappa shape index (κ1) is 18.4. The average molecular weight is 381 g/mol. The van der Waals surface area contributed by atoms with Crippen LogP contribution in [-0.2, 0) is 16.1 Å². The second-order valence-electron chi connectivity index (χ2n) is 7.19. The van der Waals surface area contributed by atoms with E-state index in [0.29, 0.717) is 37.6 Å². The third-order valence-electron chi connectivity index (χ3n) is 5.28. The first-order valence-corrected chi connectivity index (χ1v) is 9.44. The van der Waals surface area contributed by atoms with Gasteiger partial charge >= 0.3 is 5.97 Å². The summed E-state index contributed by atoms with van der Waals surface area (Å²) in [4.78, 5) is 32.1. The second-order valence-corrected chi connectivity index (χ2v) is 7.19. The van der Waals surface area contributed by atoms with E-state index >= 15 is 0 Å². The number of nitrogens with zero attached hydrogens (tertiary/aromatic N) is 2. The third kappa shape index (κ3) is 3.45. The largest absolute Gasteiger partial charge is 0.490 e. The van der Waals surface area contributed by atoms with Crippen molar-refractivity contribution in [2.45, 2.75) is 19.0 Å². The molecule has 1 fully saturated rings. The Morgan fingerprint density at radius 1 is 1.32 bits per heavy atom. The lowest BCUT2D eigenvalue weighted by Gasteiger charge is -2.32. The number of fused-ring (bicyclic) bond motifs is 1. The van der Waals surface area contributed by atoms with Crippen LogP contribution in [0.25, 0.3) is 0 Å². The van der Waals surface area contributed by atoms with Crippen LogP contribution in [0.4, 0.5) is 0 Å². The van der Waals surface area contributed by atoms with Gasteiger partial charge in [0.15, 0.2) is 0 Å². The lowest BCUT2D eigenvalue weighted by Crippen LogP contribution is -2.59. The minimum atomic E-state index is -0.850. The van der Waals surface area contributed by atoms with E-state index in [2.05, 4.69) is 15.2 Å². The lowest BCUT2D eigenvalue weighted by atomic mass is 9.87. The molecule has 0 bridgehead atoms. The predicted molar refractivity (Wildman–Crippen MR) is 102 cm³/mol. The van der Waals surface area contributed by atoms with Gasteiger partial charge in [0.1, 0.15) is 17.9 Å². The molecule has 3 heterocycles. The Balaban J connectivity index is 1.62. The SMILES string of the molecule is CCOC(=O)[C@@H]1CN(Cc2ccccn2)C[C@]12COc1ccccc1C(=O)N2. The number of hydrogen-bond donors (Lipinski definition) is 1. The van der Waals surface area contributed by atoms with Crippen LogP contribution in [-0.4, -0.2) is 53.6 Å². The highest BCUT2D eigenvalue weighted by molar-refractivity contribution is 5.98. The highest BCUT2D eigenvalue weighted by Crippen LogP contribution is 2.34. The van der Waals surface area contributed by atoms with Crippen molar-refractivity contribution >= 4 is 11.9 Å². The van der Waals surface area contributed by atoms with Crippen LogP contribution in [0.2, 0.25) is 0 Å². The Bertz CT molecular complexity index is 873. The summed E-state index contributed by atoms with van der Waals surface area (Å²) < 4.78 is 11.3. The molecule has 2 aliphatic rings. The lowest BCUT2D eigenvalue weighted by molar-refractivity contribution is -0.150. The molecule has 0 saturated carbocycles. The fourth-order valence-electron chi connectivity index (χ4n) is 3.98. The normalized spacial score (nSPS) is 24.2. The Labute approximate surface area is 163 Å². The Morgan fingerprint density at radius 3 is 2.93 bits per heavy atom. The van der Waals surface area contributed by atoms with E-state index in [4.69, 9.17) is 9.47 Å². The summed E-state index contributed by atoms with van der Waals surface area (Å²) >= 11 is 0. The molecule has 0 unspecified atom stereocenters. The molecule has 1 amide bonds. The molecule has 146 valence electrons. The zero-order valence-corrected chi connectivity index (χ0v) is 15.8.